The van der Waals surface area contributed by atoms with Gasteiger partial charge >= 0.3 is 0 Å². The number of nitriles is 1. The van der Waals surface area contributed by atoms with E-state index >= 15 is 0 Å². The van der Waals surface area contributed by atoms with Crippen LogP contribution in [0.5, 0.6) is 0 Å². The third-order valence-corrected chi connectivity index (χ3v) is 1.86. The second-order valence-corrected chi connectivity index (χ2v) is 3.73. The van der Waals surface area contributed by atoms with E-state index < -0.39 is 17.5 Å². The van der Waals surface area contributed by atoms with Crippen LogP contribution in [0.4, 0.5) is 0 Å². The maximum absolute atomic E-state index is 11.2. The number of nitrogens with two attached hydrogens (primary N) is 1. The highest BCUT2D eigenvalue weighted by Crippen LogP contribution is 2.16. The molecule has 0 saturated heterocycles. The van der Waals surface area contributed by atoms with Crippen LogP contribution in [0.2, 0.25) is 0 Å². The van der Waals surface area contributed by atoms with Crippen molar-refractivity contribution in [2.45, 2.75) is 32.4 Å². The fourth-order valence-corrected chi connectivity index (χ4v) is 0.613. The van der Waals surface area contributed by atoms with Crippen LogP contribution < -0.4 is 5.73 Å². The van der Waals surface area contributed by atoms with Gasteiger partial charge in [-0.15, -0.1) is 0 Å². The summed E-state index contributed by atoms with van der Waals surface area (Å²) in [5.74, 6) is -0.577. The van der Waals surface area contributed by atoms with Crippen molar-refractivity contribution in [1.82, 2.24) is 4.42 Å². The summed E-state index contributed by atoms with van der Waals surface area (Å²) < 4.78 is 0.945. The molecule has 0 aromatic heterocycles. The normalized spacial score (nSPS) is 13.3. The number of carbonyl (C=O) groups excluding carboxylic acids is 1. The van der Waals surface area contributed by atoms with E-state index in [0.717, 1.165) is 4.42 Å². The lowest BCUT2D eigenvalue weighted by molar-refractivity contribution is -0.129. The molecule has 0 aromatic rings. The summed E-state index contributed by atoms with van der Waals surface area (Å²) in [4.78, 5) is 11.2. The van der Waals surface area contributed by atoms with Gasteiger partial charge in [-0.2, -0.15) is 5.26 Å². The molecule has 1 amide bonds. The second-order valence-electron chi connectivity index (χ2n) is 3.40. The van der Waals surface area contributed by atoms with Gasteiger partial charge < -0.3 is 5.73 Å². The SMILES string of the molecule is CC(C)(C)N(Cl)C(=O)C(N)C#N. The maximum Gasteiger partial charge on any atom is 0.269 e. The number of hydrogen-bond acceptors (Lipinski definition) is 3. The van der Waals surface area contributed by atoms with Crippen molar-refractivity contribution in [2.75, 3.05) is 0 Å². The summed E-state index contributed by atoms with van der Waals surface area (Å²) in [5.41, 5.74) is 4.66. The van der Waals surface area contributed by atoms with Crippen molar-refractivity contribution in [1.29, 1.82) is 5.26 Å². The lowest BCUT2D eigenvalue weighted by atomic mass is 10.1. The van der Waals surface area contributed by atoms with Crippen molar-refractivity contribution in [3.63, 3.8) is 0 Å². The predicted molar refractivity (Wildman–Crippen MR) is 46.0 cm³/mol. The van der Waals surface area contributed by atoms with E-state index in [2.05, 4.69) is 0 Å². The Kier molecular flexibility index (Phi) is 3.50. The van der Waals surface area contributed by atoms with Crippen LogP contribution in [0.25, 0.3) is 0 Å². The molecule has 0 spiro atoms. The van der Waals surface area contributed by atoms with E-state index in [-0.39, 0.29) is 0 Å². The zero-order valence-electron chi connectivity index (χ0n) is 7.34. The van der Waals surface area contributed by atoms with E-state index in [4.69, 9.17) is 22.8 Å². The zero-order valence-corrected chi connectivity index (χ0v) is 8.09. The second kappa shape index (κ2) is 3.74. The molecule has 1 atom stereocenters. The van der Waals surface area contributed by atoms with Crippen LogP contribution in [0, 0.1) is 11.3 Å². The Morgan fingerprint density at radius 1 is 1.67 bits per heavy atom. The van der Waals surface area contributed by atoms with E-state index in [1.54, 1.807) is 26.8 Å². The molecule has 0 aromatic carbocycles. The van der Waals surface area contributed by atoms with Gasteiger partial charge in [-0.05, 0) is 20.8 Å². The highest BCUT2D eigenvalue weighted by atomic mass is 35.5. The number of hydrogen-bond donors (Lipinski definition) is 1. The number of halogens is 1. The van der Waals surface area contributed by atoms with Crippen LogP contribution >= 0.6 is 11.8 Å². The molecule has 2 N–H and O–H groups in total. The lowest BCUT2D eigenvalue weighted by Crippen LogP contribution is -2.46. The minimum absolute atomic E-state index is 0.521. The minimum Gasteiger partial charge on any atom is -0.308 e. The average Bonchev–Trinajstić information content (AvgIpc) is 1.98. The smallest absolute Gasteiger partial charge is 0.269 e. The predicted octanol–water partition coefficient (Wildman–Crippen LogP) is 0.618. The molecule has 0 aliphatic rings. The maximum atomic E-state index is 11.2. The Hall–Kier alpha value is -0.790. The summed E-state index contributed by atoms with van der Waals surface area (Å²) in [5, 5.41) is 8.34. The minimum atomic E-state index is -1.18. The Morgan fingerprint density at radius 2 is 2.08 bits per heavy atom. The number of rotatable bonds is 1. The summed E-state index contributed by atoms with van der Waals surface area (Å²) in [6.07, 6.45) is 0. The van der Waals surface area contributed by atoms with Crippen LogP contribution in [-0.2, 0) is 4.79 Å². The van der Waals surface area contributed by atoms with Crippen LogP contribution in [0.3, 0.4) is 0 Å². The van der Waals surface area contributed by atoms with Crippen molar-refractivity contribution in [2.24, 2.45) is 5.73 Å². The molecule has 12 heavy (non-hydrogen) atoms. The molecule has 0 aliphatic carbocycles. The summed E-state index contributed by atoms with van der Waals surface area (Å²) in [7, 11) is 0. The van der Waals surface area contributed by atoms with Gasteiger partial charge in [0.25, 0.3) is 5.91 Å². The van der Waals surface area contributed by atoms with Crippen molar-refractivity contribution < 1.29 is 4.79 Å². The number of nitrogens with zero attached hydrogens (tertiary/aromatic N) is 2. The Labute approximate surface area is 77.0 Å². The van der Waals surface area contributed by atoms with E-state index in [1.807, 2.05) is 0 Å². The van der Waals surface area contributed by atoms with Crippen molar-refractivity contribution in [3.05, 3.63) is 0 Å². The third-order valence-electron chi connectivity index (χ3n) is 1.19. The van der Waals surface area contributed by atoms with Crippen LogP contribution in [0.15, 0.2) is 0 Å². The van der Waals surface area contributed by atoms with Gasteiger partial charge in [0.05, 0.1) is 11.6 Å². The third kappa shape index (κ3) is 2.68. The standard InChI is InChI=1S/C7H12ClN3O/c1-7(2,3)11(8)6(12)5(10)4-9/h5H,10H2,1-3H3. The summed E-state index contributed by atoms with van der Waals surface area (Å²) in [6.45, 7) is 5.26. The van der Waals surface area contributed by atoms with Crippen molar-refractivity contribution in [3.8, 4) is 6.07 Å². The van der Waals surface area contributed by atoms with Gasteiger partial charge in [0.15, 0.2) is 6.04 Å². The van der Waals surface area contributed by atoms with E-state index in [0.29, 0.717) is 0 Å². The fraction of sp³-hybridized carbons (Fsp3) is 0.714. The first-order valence-corrected chi connectivity index (χ1v) is 3.79. The molecule has 5 heteroatoms. The largest absolute Gasteiger partial charge is 0.308 e. The van der Waals surface area contributed by atoms with Gasteiger partial charge in [-0.3, -0.25) is 4.79 Å². The molecule has 0 heterocycles. The highest BCUT2D eigenvalue weighted by molar-refractivity contribution is 6.22. The van der Waals surface area contributed by atoms with Gasteiger partial charge in [-0.1, -0.05) is 0 Å². The zero-order chi connectivity index (χ0) is 9.94. The topological polar surface area (TPSA) is 70.1 Å². The summed E-state index contributed by atoms with van der Waals surface area (Å²) in [6, 6.07) is 0.441. The first-order chi connectivity index (χ1) is 5.30. The molecule has 0 radical (unpaired) electrons. The van der Waals surface area contributed by atoms with E-state index in [1.165, 1.54) is 0 Å². The molecule has 1 unspecified atom stereocenters. The molecule has 0 aliphatic heterocycles. The Morgan fingerprint density at radius 3 is 2.33 bits per heavy atom. The monoisotopic (exact) mass is 189 g/mol. The van der Waals surface area contributed by atoms with Gasteiger partial charge in [-0.25, -0.2) is 4.42 Å². The van der Waals surface area contributed by atoms with Crippen molar-refractivity contribution >= 4 is 17.7 Å². The number of amides is 1. The fourth-order valence-electron chi connectivity index (χ4n) is 0.508. The highest BCUT2D eigenvalue weighted by Gasteiger charge is 2.28. The average molecular weight is 190 g/mol. The quantitative estimate of drug-likeness (QED) is 0.615. The molecule has 68 valence electrons. The van der Waals surface area contributed by atoms with Gasteiger partial charge in [0.2, 0.25) is 0 Å². The first kappa shape index (κ1) is 11.2. The Balaban J connectivity index is 4.43. The van der Waals surface area contributed by atoms with E-state index in [9.17, 15) is 4.79 Å². The lowest BCUT2D eigenvalue weighted by Gasteiger charge is -2.29. The first-order valence-electron chi connectivity index (χ1n) is 3.45. The van der Waals surface area contributed by atoms with Crippen LogP contribution in [0.1, 0.15) is 20.8 Å². The van der Waals surface area contributed by atoms with Crippen LogP contribution in [-0.4, -0.2) is 21.9 Å². The molecular weight excluding hydrogens is 178 g/mol. The molecule has 0 bridgehead atoms. The molecule has 0 saturated carbocycles. The number of carbonyl (C=O) groups is 1. The molecule has 4 nitrogen and oxygen atoms in total. The van der Waals surface area contributed by atoms with Gasteiger partial charge in [0, 0.05) is 11.8 Å². The molecule has 0 fully saturated rings. The molecule has 0 rings (SSSR count). The Bertz CT molecular complexity index is 216. The molecular formula is C7H12ClN3O. The summed E-state index contributed by atoms with van der Waals surface area (Å²) >= 11 is 5.63. The van der Waals surface area contributed by atoms with Gasteiger partial charge in [0.1, 0.15) is 0 Å².